The highest BCUT2D eigenvalue weighted by Gasteiger charge is 2.30. The van der Waals surface area contributed by atoms with Crippen LogP contribution in [0.5, 0.6) is 0 Å². The molecule has 0 fully saturated rings. The van der Waals surface area contributed by atoms with Crippen LogP contribution in [0.4, 0.5) is 5.69 Å². The Morgan fingerprint density at radius 3 is 2.76 bits per heavy atom. The van der Waals surface area contributed by atoms with Crippen LogP contribution in [-0.4, -0.2) is 31.1 Å². The van der Waals surface area contributed by atoms with Gasteiger partial charge in [0.2, 0.25) is 5.82 Å². The lowest BCUT2D eigenvalue weighted by Gasteiger charge is -2.19. The van der Waals surface area contributed by atoms with Gasteiger partial charge in [-0.15, -0.1) is 0 Å². The molecule has 1 aliphatic heterocycles. The lowest BCUT2D eigenvalue weighted by Crippen LogP contribution is -2.29. The molecule has 0 spiro atoms. The summed E-state index contributed by atoms with van der Waals surface area (Å²) in [7, 11) is -3.66. The highest BCUT2D eigenvalue weighted by molar-refractivity contribution is 7.92. The summed E-state index contributed by atoms with van der Waals surface area (Å²) in [5.74, 6) is 0.0527. The zero-order chi connectivity index (χ0) is 23.5. The van der Waals surface area contributed by atoms with Crippen LogP contribution in [0.15, 0.2) is 80.9 Å². The summed E-state index contributed by atoms with van der Waals surface area (Å²) in [5.41, 5.74) is 3.24. The van der Waals surface area contributed by atoms with Crippen LogP contribution in [0.25, 0.3) is 17.5 Å². The zero-order valence-electron chi connectivity index (χ0n) is 17.8. The molecule has 5 rings (SSSR count). The second-order valence-corrected chi connectivity index (χ2v) is 10.1. The Kier molecular flexibility index (Phi) is 5.99. The Balaban J connectivity index is 1.19. The van der Waals surface area contributed by atoms with Crippen LogP contribution in [0, 0.1) is 0 Å². The zero-order valence-corrected chi connectivity index (χ0v) is 19.5. The summed E-state index contributed by atoms with van der Waals surface area (Å²) in [5, 5.41) is 7.66. The first-order valence-corrected chi connectivity index (χ1v) is 12.8. The van der Waals surface area contributed by atoms with Crippen LogP contribution in [0.1, 0.15) is 17.0 Å². The van der Waals surface area contributed by atoms with Crippen molar-refractivity contribution in [2.45, 2.75) is 17.9 Å². The summed E-state index contributed by atoms with van der Waals surface area (Å²) in [4.78, 5) is 16.4. The van der Waals surface area contributed by atoms with Gasteiger partial charge in [-0.3, -0.25) is 4.31 Å². The minimum atomic E-state index is -3.66. The topological polar surface area (TPSA) is 103 Å². The molecule has 0 saturated carbocycles. The lowest BCUT2D eigenvalue weighted by molar-refractivity contribution is -0.139. The molecule has 0 saturated heterocycles. The molecule has 2 aromatic carbocycles. The highest BCUT2D eigenvalue weighted by Crippen LogP contribution is 2.32. The van der Waals surface area contributed by atoms with Gasteiger partial charge in [0.1, 0.15) is 0 Å². The Morgan fingerprint density at radius 1 is 1.15 bits per heavy atom. The number of nitrogens with zero attached hydrogens (tertiary/aromatic N) is 3. The Morgan fingerprint density at radius 2 is 1.97 bits per heavy atom. The van der Waals surface area contributed by atoms with Crippen molar-refractivity contribution in [2.24, 2.45) is 0 Å². The molecule has 172 valence electrons. The first-order valence-electron chi connectivity index (χ1n) is 10.4. The standard InChI is InChI=1S/C24H19N3O5S2/c28-23(31-15-22-25-24(26-32-22)19-12-14-33-16-19)10-7-17-5-8-20(9-6-17)34(29,30)27-13-11-18-3-1-2-4-21(18)27/h1-10,12,14,16H,11,13,15H2/b10-7+. The molecule has 34 heavy (non-hydrogen) atoms. The smallest absolute Gasteiger partial charge is 0.331 e. The van der Waals surface area contributed by atoms with Gasteiger partial charge >= 0.3 is 5.97 Å². The van der Waals surface area contributed by atoms with Crippen LogP contribution in [0.3, 0.4) is 0 Å². The van der Waals surface area contributed by atoms with Crippen molar-refractivity contribution in [1.82, 2.24) is 10.1 Å². The van der Waals surface area contributed by atoms with Crippen molar-refractivity contribution in [3.8, 4) is 11.4 Å². The number of sulfonamides is 1. The summed E-state index contributed by atoms with van der Waals surface area (Å²) in [6, 6.07) is 15.7. The van der Waals surface area contributed by atoms with Gasteiger partial charge in [-0.2, -0.15) is 16.3 Å². The molecule has 0 unspecified atom stereocenters. The maximum Gasteiger partial charge on any atom is 0.331 e. The summed E-state index contributed by atoms with van der Waals surface area (Å²) in [6.45, 7) is 0.277. The van der Waals surface area contributed by atoms with Crippen molar-refractivity contribution in [2.75, 3.05) is 10.8 Å². The van der Waals surface area contributed by atoms with Gasteiger partial charge < -0.3 is 9.26 Å². The van der Waals surface area contributed by atoms with E-state index in [1.54, 1.807) is 18.2 Å². The number of benzene rings is 2. The van der Waals surface area contributed by atoms with E-state index in [0.29, 0.717) is 24.4 Å². The van der Waals surface area contributed by atoms with E-state index in [0.717, 1.165) is 16.8 Å². The average molecular weight is 494 g/mol. The largest absolute Gasteiger partial charge is 0.452 e. The van der Waals surface area contributed by atoms with Crippen molar-refractivity contribution < 1.29 is 22.5 Å². The van der Waals surface area contributed by atoms with E-state index in [4.69, 9.17) is 9.26 Å². The summed E-state index contributed by atoms with van der Waals surface area (Å²) >= 11 is 1.52. The number of anilines is 1. The SMILES string of the molecule is O=C(/C=C/c1ccc(S(=O)(=O)N2CCc3ccccc32)cc1)OCc1nc(-c2ccsc2)no1. The van der Waals surface area contributed by atoms with Crippen molar-refractivity contribution >= 4 is 39.1 Å². The third kappa shape index (κ3) is 4.50. The predicted octanol–water partition coefficient (Wildman–Crippen LogP) is 4.31. The van der Waals surface area contributed by atoms with Crippen molar-refractivity contribution in [3.05, 3.63) is 88.5 Å². The fourth-order valence-electron chi connectivity index (χ4n) is 3.60. The summed E-state index contributed by atoms with van der Waals surface area (Å²) < 4.78 is 37.8. The second kappa shape index (κ2) is 9.24. The van der Waals surface area contributed by atoms with Crippen LogP contribution < -0.4 is 4.31 Å². The minimum Gasteiger partial charge on any atom is -0.452 e. The van der Waals surface area contributed by atoms with Gasteiger partial charge in [-0.25, -0.2) is 13.2 Å². The predicted molar refractivity (Wildman–Crippen MR) is 128 cm³/mol. The number of hydrogen-bond acceptors (Lipinski definition) is 8. The van der Waals surface area contributed by atoms with Crippen LogP contribution >= 0.6 is 11.3 Å². The van der Waals surface area contributed by atoms with E-state index >= 15 is 0 Å². The fourth-order valence-corrected chi connectivity index (χ4v) is 5.74. The van der Waals surface area contributed by atoms with E-state index in [1.165, 1.54) is 33.9 Å². The third-order valence-electron chi connectivity index (χ3n) is 5.31. The van der Waals surface area contributed by atoms with Crippen LogP contribution in [0.2, 0.25) is 0 Å². The van der Waals surface area contributed by atoms with Gasteiger partial charge in [0.05, 0.1) is 10.6 Å². The maximum atomic E-state index is 13.1. The molecule has 0 N–H and O–H groups in total. The van der Waals surface area contributed by atoms with E-state index < -0.39 is 16.0 Å². The molecular formula is C24H19N3O5S2. The second-order valence-electron chi connectivity index (χ2n) is 7.49. The molecule has 0 radical (unpaired) electrons. The normalized spacial score (nSPS) is 13.4. The van der Waals surface area contributed by atoms with Gasteiger partial charge in [0.25, 0.3) is 15.9 Å². The first-order chi connectivity index (χ1) is 16.5. The summed E-state index contributed by atoms with van der Waals surface area (Å²) in [6.07, 6.45) is 3.50. The van der Waals surface area contributed by atoms with Gasteiger partial charge in [0, 0.05) is 23.6 Å². The van der Waals surface area contributed by atoms with E-state index in [-0.39, 0.29) is 17.4 Å². The number of fused-ring (bicyclic) bond motifs is 1. The van der Waals surface area contributed by atoms with Crippen molar-refractivity contribution in [1.29, 1.82) is 0 Å². The number of thiophene rings is 1. The molecule has 0 atom stereocenters. The van der Waals surface area contributed by atoms with E-state index in [1.807, 2.05) is 41.1 Å². The highest BCUT2D eigenvalue weighted by atomic mass is 32.2. The molecule has 2 aromatic heterocycles. The molecule has 0 aliphatic carbocycles. The monoisotopic (exact) mass is 493 g/mol. The molecule has 8 nitrogen and oxygen atoms in total. The average Bonchev–Trinajstić information content (AvgIpc) is 3.62. The number of hydrogen-bond donors (Lipinski definition) is 0. The first kappa shape index (κ1) is 22.1. The number of para-hydroxylation sites is 1. The van der Waals surface area contributed by atoms with E-state index in [9.17, 15) is 13.2 Å². The molecule has 10 heteroatoms. The van der Waals surface area contributed by atoms with Crippen molar-refractivity contribution in [3.63, 3.8) is 0 Å². The number of carbonyl (C=O) groups is 1. The minimum absolute atomic E-state index is 0.144. The van der Waals surface area contributed by atoms with Gasteiger partial charge in [-0.05, 0) is 53.3 Å². The Hall–Kier alpha value is -3.76. The number of esters is 1. The number of ether oxygens (including phenoxy) is 1. The number of aromatic nitrogens is 2. The number of carbonyl (C=O) groups excluding carboxylic acids is 1. The number of rotatable bonds is 7. The van der Waals surface area contributed by atoms with Crippen LogP contribution in [-0.2, 0) is 32.6 Å². The Bertz CT molecular complexity index is 1440. The molecule has 0 bridgehead atoms. The fraction of sp³-hybridized carbons (Fsp3) is 0.125. The molecule has 1 aliphatic rings. The molecule has 4 aromatic rings. The molecule has 0 amide bonds. The quantitative estimate of drug-likeness (QED) is 0.279. The maximum absolute atomic E-state index is 13.1. The molecule has 3 heterocycles. The molecular weight excluding hydrogens is 474 g/mol. The van der Waals surface area contributed by atoms with Gasteiger partial charge in [0.15, 0.2) is 6.61 Å². The van der Waals surface area contributed by atoms with Gasteiger partial charge in [-0.1, -0.05) is 35.5 Å². The van der Waals surface area contributed by atoms with E-state index in [2.05, 4.69) is 10.1 Å². The Labute approximate surface area is 200 Å². The third-order valence-corrected chi connectivity index (χ3v) is 7.82. The lowest BCUT2D eigenvalue weighted by atomic mass is 10.2.